The molecule has 2 unspecified atom stereocenters. The van der Waals surface area contributed by atoms with Crippen molar-refractivity contribution in [2.24, 2.45) is 0 Å². The minimum Gasteiger partial charge on any atom is -0.596 e. The second kappa shape index (κ2) is 33.9. The van der Waals surface area contributed by atoms with Gasteiger partial charge in [-0.15, -0.1) is 0 Å². The molecule has 10 heteroatoms. The summed E-state index contributed by atoms with van der Waals surface area (Å²) in [7, 11) is -7.18. The summed E-state index contributed by atoms with van der Waals surface area (Å²) >= 11 is 0. The van der Waals surface area contributed by atoms with Crippen molar-refractivity contribution in [2.75, 3.05) is 32.5 Å². The second-order valence-electron chi connectivity index (χ2n) is 13.7. The highest BCUT2D eigenvalue weighted by molar-refractivity contribution is 7.86. The van der Waals surface area contributed by atoms with Crippen LogP contribution in [-0.4, -0.2) is 61.5 Å². The van der Waals surface area contributed by atoms with Gasteiger partial charge in [-0.1, -0.05) is 179 Å². The van der Waals surface area contributed by atoms with Crippen LogP contribution in [0.15, 0.2) is 0 Å². The maximum absolute atomic E-state index is 13.0. The lowest BCUT2D eigenvalue weighted by molar-refractivity contribution is -0.164. The van der Waals surface area contributed by atoms with E-state index in [-0.39, 0.29) is 38.2 Å². The maximum atomic E-state index is 13.0. The third kappa shape index (κ3) is 32.4. The Balaban J connectivity index is 4.21. The van der Waals surface area contributed by atoms with E-state index in [2.05, 4.69) is 13.8 Å². The summed E-state index contributed by atoms with van der Waals surface area (Å²) in [6, 6.07) is 0. The Bertz CT molecular complexity index is 828. The molecule has 0 heterocycles. The summed E-state index contributed by atoms with van der Waals surface area (Å²) in [5.74, 6) is -0.273. The predicted molar refractivity (Wildman–Crippen MR) is 196 cm³/mol. The fourth-order valence-corrected chi connectivity index (χ4v) is 7.11. The number of hydrogen-bond acceptors (Lipinski definition) is 6. The summed E-state index contributed by atoms with van der Waals surface area (Å²) < 4.78 is 51.0. The molecule has 0 aromatic carbocycles. The molecule has 47 heavy (non-hydrogen) atoms. The third-order valence-corrected chi connectivity index (χ3v) is 10.9. The zero-order chi connectivity index (χ0) is 34.9. The Kier molecular flexibility index (Phi) is 33.4. The van der Waals surface area contributed by atoms with Gasteiger partial charge in [-0.2, -0.15) is 8.42 Å². The lowest BCUT2D eigenvalue weighted by Crippen LogP contribution is -2.43. The van der Waals surface area contributed by atoms with E-state index in [0.717, 1.165) is 38.5 Å². The average molecular weight is 708 g/mol. The number of hydrogen-bond donors (Lipinski definition) is 1. The molecule has 280 valence electrons. The van der Waals surface area contributed by atoms with Gasteiger partial charge in [0.15, 0.2) is 6.16 Å². The number of carbonyl (C=O) groups is 1. The Morgan fingerprint density at radius 2 is 1.02 bits per heavy atom. The van der Waals surface area contributed by atoms with Gasteiger partial charge in [-0.25, -0.2) is 0 Å². The first kappa shape index (κ1) is 46.4. The Morgan fingerprint density at radius 3 is 1.38 bits per heavy atom. The summed E-state index contributed by atoms with van der Waals surface area (Å²) in [5, 5.41) is -1.30. The molecule has 0 saturated heterocycles. The van der Waals surface area contributed by atoms with Gasteiger partial charge in [0.2, 0.25) is 5.91 Å². The highest BCUT2D eigenvalue weighted by Crippen LogP contribution is 2.16. The molecule has 0 radical (unpaired) electrons. The summed E-state index contributed by atoms with van der Waals surface area (Å²) in [6.07, 6.45) is 33.0. The first-order valence-electron chi connectivity index (χ1n) is 19.7. The van der Waals surface area contributed by atoms with Gasteiger partial charge in [-0.05, 0) is 12.8 Å². The van der Waals surface area contributed by atoms with Gasteiger partial charge in [0.05, 0.1) is 13.2 Å². The number of nitrogens with zero attached hydrogens (tertiary/aromatic N) is 1. The fraction of sp³-hybridized carbons (Fsp3) is 0.973. The van der Waals surface area contributed by atoms with E-state index in [1.54, 1.807) is 0 Å². The molecule has 0 aromatic heterocycles. The van der Waals surface area contributed by atoms with E-state index >= 15 is 0 Å². The monoisotopic (exact) mass is 707 g/mol. The summed E-state index contributed by atoms with van der Waals surface area (Å²) in [5.41, 5.74) is 0. The van der Waals surface area contributed by atoms with Crippen LogP contribution < -0.4 is 4.89 Å². The number of rotatable bonds is 37. The quantitative estimate of drug-likeness (QED) is 0.0387. The first-order chi connectivity index (χ1) is 22.7. The normalized spacial score (nSPS) is 12.8. The topological polar surface area (TPSA) is 124 Å². The van der Waals surface area contributed by atoms with E-state index in [1.165, 1.54) is 133 Å². The molecule has 0 aliphatic heterocycles. The zero-order valence-electron chi connectivity index (χ0n) is 30.6. The molecule has 0 aliphatic carbocycles. The standard InChI is InChI=1S/C37H74NO7PS/c1-3-5-7-9-11-13-15-17-19-21-23-25-27-29-32-45-35-36(47(42,43)44)34-38(31-33-46(40)41)37(39)30-28-26-24-22-20-18-16-14-12-10-8-6-4-2/h36H,3-35H2,1-2H3,(H,42,43,44). The van der Waals surface area contributed by atoms with Gasteiger partial charge in [0, 0.05) is 19.6 Å². The SMILES string of the molecule is CCCCCCCCCCCCCCCCOCC(CN(CC[P+](=O)[O-])C(=O)CCCCCCCCCCCCCCC)S(=O)(=O)O. The third-order valence-electron chi connectivity index (χ3n) is 9.19. The molecule has 0 rings (SSSR count). The molecule has 2 atom stereocenters. The molecule has 8 nitrogen and oxygen atoms in total. The Labute approximate surface area is 291 Å². The molecule has 0 spiro atoms. The van der Waals surface area contributed by atoms with Crippen LogP contribution in [0.5, 0.6) is 0 Å². The number of amides is 1. The molecular weight excluding hydrogens is 633 g/mol. The number of carbonyl (C=O) groups excluding carboxylic acids is 1. The Morgan fingerprint density at radius 1 is 0.660 bits per heavy atom. The predicted octanol–water partition coefficient (Wildman–Crippen LogP) is 10.2. The van der Waals surface area contributed by atoms with Crippen LogP contribution in [0, 0.1) is 0 Å². The smallest absolute Gasteiger partial charge is 0.310 e. The van der Waals surface area contributed by atoms with Crippen LogP contribution in [0.3, 0.4) is 0 Å². The lowest BCUT2D eigenvalue weighted by Gasteiger charge is -2.25. The molecule has 1 N–H and O–H groups in total. The van der Waals surface area contributed by atoms with Crippen molar-refractivity contribution >= 4 is 24.1 Å². The van der Waals surface area contributed by atoms with Gasteiger partial charge in [0.1, 0.15) is 5.25 Å². The molecular formula is C37H74NO7PS. The van der Waals surface area contributed by atoms with Crippen molar-refractivity contribution in [3.63, 3.8) is 0 Å². The van der Waals surface area contributed by atoms with Crippen LogP contribution in [0.25, 0.3) is 0 Å². The van der Waals surface area contributed by atoms with E-state index in [0.29, 0.717) is 13.0 Å². The minimum absolute atomic E-state index is 0.0824. The first-order valence-corrected chi connectivity index (χ1v) is 22.5. The second-order valence-corrected chi connectivity index (χ2v) is 16.5. The van der Waals surface area contributed by atoms with E-state index in [9.17, 15) is 27.2 Å². The summed E-state index contributed by atoms with van der Waals surface area (Å²) in [6.45, 7) is 4.31. The van der Waals surface area contributed by atoms with Gasteiger partial charge in [-0.3, -0.25) is 9.35 Å². The average Bonchev–Trinajstić information content (AvgIpc) is 3.03. The van der Waals surface area contributed by atoms with E-state index in [1.807, 2.05) is 0 Å². The largest absolute Gasteiger partial charge is 0.596 e. The highest BCUT2D eigenvalue weighted by atomic mass is 32.2. The highest BCUT2D eigenvalue weighted by Gasteiger charge is 2.29. The van der Waals surface area contributed by atoms with E-state index in [4.69, 9.17) is 4.74 Å². The van der Waals surface area contributed by atoms with Gasteiger partial charge in [0.25, 0.3) is 10.1 Å². The lowest BCUT2D eigenvalue weighted by atomic mass is 10.0. The molecule has 0 aromatic rings. The zero-order valence-corrected chi connectivity index (χ0v) is 32.3. The van der Waals surface area contributed by atoms with Crippen LogP contribution in [0.4, 0.5) is 0 Å². The van der Waals surface area contributed by atoms with Gasteiger partial charge >= 0.3 is 8.03 Å². The van der Waals surface area contributed by atoms with Crippen LogP contribution >= 0.6 is 8.03 Å². The Hall–Kier alpha value is -0.600. The maximum Gasteiger partial charge on any atom is 0.310 e. The number of ether oxygens (including phenoxy) is 1. The fourth-order valence-electron chi connectivity index (χ4n) is 6.06. The molecule has 0 bridgehead atoms. The minimum atomic E-state index is -4.47. The van der Waals surface area contributed by atoms with Crippen molar-refractivity contribution < 1.29 is 32.0 Å². The van der Waals surface area contributed by atoms with Crippen molar-refractivity contribution in [3.8, 4) is 0 Å². The molecule has 0 aliphatic rings. The summed E-state index contributed by atoms with van der Waals surface area (Å²) in [4.78, 5) is 25.5. The molecule has 1 amide bonds. The molecule has 0 fully saturated rings. The van der Waals surface area contributed by atoms with Crippen molar-refractivity contribution in [1.29, 1.82) is 0 Å². The van der Waals surface area contributed by atoms with Crippen LogP contribution in [-0.2, 0) is 24.2 Å². The van der Waals surface area contributed by atoms with Crippen LogP contribution in [0.1, 0.15) is 194 Å². The number of unbranched alkanes of at least 4 members (excludes halogenated alkanes) is 25. The van der Waals surface area contributed by atoms with Crippen LogP contribution in [0.2, 0.25) is 0 Å². The van der Waals surface area contributed by atoms with Gasteiger partial charge < -0.3 is 14.5 Å². The van der Waals surface area contributed by atoms with Crippen molar-refractivity contribution in [1.82, 2.24) is 4.90 Å². The van der Waals surface area contributed by atoms with Crippen molar-refractivity contribution in [3.05, 3.63) is 0 Å². The van der Waals surface area contributed by atoms with Crippen molar-refractivity contribution in [2.45, 2.75) is 199 Å². The van der Waals surface area contributed by atoms with E-state index < -0.39 is 23.4 Å². The molecule has 0 saturated carbocycles.